The number of halogens is 1. The van der Waals surface area contributed by atoms with E-state index in [2.05, 4.69) is 9.97 Å². The Morgan fingerprint density at radius 2 is 2.09 bits per heavy atom. The van der Waals surface area contributed by atoms with Crippen molar-refractivity contribution in [3.63, 3.8) is 0 Å². The van der Waals surface area contributed by atoms with E-state index < -0.39 is 11.9 Å². The summed E-state index contributed by atoms with van der Waals surface area (Å²) < 4.78 is 32.2. The van der Waals surface area contributed by atoms with Gasteiger partial charge in [-0.25, -0.2) is 19.4 Å². The maximum absolute atomic E-state index is 13.9. The van der Waals surface area contributed by atoms with Crippen molar-refractivity contribution < 1.29 is 23.4 Å². The smallest absolute Gasteiger partial charge is 0.357 e. The number of aromatic nitrogens is 4. The molecule has 4 rings (SSSR count). The van der Waals surface area contributed by atoms with Crippen molar-refractivity contribution in [2.75, 3.05) is 26.4 Å². The molecule has 4 heterocycles. The second kappa shape index (κ2) is 9.60. The Kier molecular flexibility index (Phi) is 6.64. The predicted octanol–water partition coefficient (Wildman–Crippen LogP) is 4.06. The molecular formula is C23H27FN4O4. The molecule has 0 atom stereocenters. The molecule has 0 aliphatic carbocycles. The van der Waals surface area contributed by atoms with Gasteiger partial charge in [0.25, 0.3) is 0 Å². The first kappa shape index (κ1) is 22.1. The van der Waals surface area contributed by atoms with E-state index in [1.165, 1.54) is 16.9 Å². The van der Waals surface area contributed by atoms with Crippen molar-refractivity contribution in [2.45, 2.75) is 39.5 Å². The van der Waals surface area contributed by atoms with Crippen LogP contribution in [0, 0.1) is 11.9 Å². The van der Waals surface area contributed by atoms with Crippen LogP contribution in [-0.2, 0) is 9.47 Å². The van der Waals surface area contributed by atoms with Gasteiger partial charge in [-0.1, -0.05) is 13.8 Å². The maximum Gasteiger partial charge on any atom is 0.357 e. The minimum absolute atomic E-state index is 0.0473. The molecule has 1 fully saturated rings. The van der Waals surface area contributed by atoms with Gasteiger partial charge in [0.1, 0.15) is 5.75 Å². The Labute approximate surface area is 185 Å². The fourth-order valence-electron chi connectivity index (χ4n) is 3.76. The third-order valence-electron chi connectivity index (χ3n) is 5.43. The van der Waals surface area contributed by atoms with E-state index in [9.17, 15) is 9.18 Å². The lowest BCUT2D eigenvalue weighted by Crippen LogP contribution is -2.21. The minimum atomic E-state index is -0.630. The van der Waals surface area contributed by atoms with Crippen LogP contribution in [0.2, 0.25) is 0 Å². The molecule has 0 amide bonds. The first-order valence-corrected chi connectivity index (χ1v) is 10.9. The molecule has 1 aliphatic heterocycles. The fourth-order valence-corrected chi connectivity index (χ4v) is 3.76. The summed E-state index contributed by atoms with van der Waals surface area (Å²) in [5.74, 6) is -0.246. The van der Waals surface area contributed by atoms with Gasteiger partial charge in [-0.05, 0) is 37.7 Å². The first-order chi connectivity index (χ1) is 15.5. The monoisotopic (exact) mass is 442 g/mol. The molecular weight excluding hydrogens is 415 g/mol. The molecule has 0 aromatic carbocycles. The summed E-state index contributed by atoms with van der Waals surface area (Å²) in [5.41, 5.74) is 1.74. The van der Waals surface area contributed by atoms with Crippen molar-refractivity contribution in [1.29, 1.82) is 0 Å². The van der Waals surface area contributed by atoms with Gasteiger partial charge >= 0.3 is 5.97 Å². The van der Waals surface area contributed by atoms with E-state index in [1.807, 2.05) is 13.8 Å². The normalized spacial score (nSPS) is 14.8. The van der Waals surface area contributed by atoms with E-state index in [1.54, 1.807) is 19.1 Å². The van der Waals surface area contributed by atoms with Gasteiger partial charge in [0.05, 0.1) is 30.0 Å². The van der Waals surface area contributed by atoms with Crippen LogP contribution < -0.4 is 4.74 Å². The summed E-state index contributed by atoms with van der Waals surface area (Å²) in [6.45, 7) is 7.93. The number of nitrogens with zero attached hydrogens (tertiary/aromatic N) is 4. The predicted molar refractivity (Wildman–Crippen MR) is 116 cm³/mol. The van der Waals surface area contributed by atoms with Gasteiger partial charge in [-0.15, -0.1) is 0 Å². The Balaban J connectivity index is 1.86. The number of hydrogen-bond acceptors (Lipinski definition) is 7. The number of esters is 1. The number of pyridine rings is 2. The highest BCUT2D eigenvalue weighted by Crippen LogP contribution is 2.35. The number of rotatable bonds is 7. The molecule has 1 aliphatic rings. The molecule has 0 saturated carbocycles. The summed E-state index contributed by atoms with van der Waals surface area (Å²) in [6.07, 6.45) is 3.21. The number of ether oxygens (including phenoxy) is 3. The average Bonchev–Trinajstić information content (AvgIpc) is 3.18. The van der Waals surface area contributed by atoms with E-state index >= 15 is 0 Å². The van der Waals surface area contributed by atoms with Crippen LogP contribution in [0.1, 0.15) is 55.7 Å². The van der Waals surface area contributed by atoms with E-state index in [0.717, 1.165) is 31.7 Å². The van der Waals surface area contributed by atoms with Crippen LogP contribution >= 0.6 is 0 Å². The number of carbonyl (C=O) groups is 1. The second-order valence-corrected chi connectivity index (χ2v) is 8.08. The Morgan fingerprint density at radius 3 is 2.78 bits per heavy atom. The molecule has 0 spiro atoms. The second-order valence-electron chi connectivity index (χ2n) is 8.08. The van der Waals surface area contributed by atoms with Crippen LogP contribution in [0.25, 0.3) is 16.7 Å². The summed E-state index contributed by atoms with van der Waals surface area (Å²) in [5, 5.41) is 5.42. The van der Waals surface area contributed by atoms with Gasteiger partial charge in [0, 0.05) is 31.5 Å². The molecule has 1 saturated heterocycles. The topological polar surface area (TPSA) is 88.4 Å². The highest BCUT2D eigenvalue weighted by molar-refractivity contribution is 5.94. The molecule has 32 heavy (non-hydrogen) atoms. The lowest BCUT2D eigenvalue weighted by molar-refractivity contribution is 0.0496. The largest absolute Gasteiger partial charge is 0.492 e. The Morgan fingerprint density at radius 1 is 1.31 bits per heavy atom. The maximum atomic E-state index is 13.9. The molecule has 3 aromatic heterocycles. The zero-order valence-electron chi connectivity index (χ0n) is 18.5. The molecule has 0 unspecified atom stereocenters. The van der Waals surface area contributed by atoms with Crippen molar-refractivity contribution in [3.8, 4) is 11.4 Å². The third-order valence-corrected chi connectivity index (χ3v) is 5.43. The molecule has 0 N–H and O–H groups in total. The Bertz CT molecular complexity index is 1110. The van der Waals surface area contributed by atoms with Crippen molar-refractivity contribution in [1.82, 2.24) is 19.7 Å². The van der Waals surface area contributed by atoms with Gasteiger partial charge in [0.15, 0.2) is 11.3 Å². The van der Waals surface area contributed by atoms with Crippen LogP contribution in [0.4, 0.5) is 4.39 Å². The highest BCUT2D eigenvalue weighted by Gasteiger charge is 2.25. The van der Waals surface area contributed by atoms with E-state index in [-0.39, 0.29) is 18.2 Å². The summed E-state index contributed by atoms with van der Waals surface area (Å²) >= 11 is 0. The molecule has 8 nitrogen and oxygen atoms in total. The van der Waals surface area contributed by atoms with Crippen molar-refractivity contribution >= 4 is 17.0 Å². The van der Waals surface area contributed by atoms with Crippen molar-refractivity contribution in [3.05, 3.63) is 41.7 Å². The zero-order valence-corrected chi connectivity index (χ0v) is 18.5. The molecule has 0 bridgehead atoms. The lowest BCUT2D eigenvalue weighted by atomic mass is 10.0. The summed E-state index contributed by atoms with van der Waals surface area (Å²) in [7, 11) is 0. The molecule has 9 heteroatoms. The summed E-state index contributed by atoms with van der Waals surface area (Å²) in [4.78, 5) is 20.7. The summed E-state index contributed by atoms with van der Waals surface area (Å²) in [6, 6.07) is 4.53. The number of carbonyl (C=O) groups excluding carboxylic acids is 1. The zero-order chi connectivity index (χ0) is 22.7. The van der Waals surface area contributed by atoms with Crippen LogP contribution in [0.5, 0.6) is 5.75 Å². The quantitative estimate of drug-likeness (QED) is 0.403. The minimum Gasteiger partial charge on any atom is -0.492 e. The Hall–Kier alpha value is -3.07. The standard InChI is InChI=1S/C23H27FN4O4/c1-4-31-23(29)17-12-18(32-13-15-6-9-30-10-7-15)20-21(14(2)3)27-28(22(20)26-17)16-5-8-25-19(24)11-16/h5,8,11-12,14-15H,4,6-7,9-10,13H2,1-3H3. The van der Waals surface area contributed by atoms with E-state index in [4.69, 9.17) is 19.3 Å². The molecule has 3 aromatic rings. The van der Waals surface area contributed by atoms with Crippen LogP contribution in [-0.4, -0.2) is 52.1 Å². The van der Waals surface area contributed by atoms with Gasteiger partial charge in [-0.3, -0.25) is 0 Å². The average molecular weight is 442 g/mol. The van der Waals surface area contributed by atoms with Gasteiger partial charge in [0.2, 0.25) is 5.95 Å². The van der Waals surface area contributed by atoms with Gasteiger partial charge in [-0.2, -0.15) is 9.49 Å². The molecule has 170 valence electrons. The number of hydrogen-bond donors (Lipinski definition) is 0. The van der Waals surface area contributed by atoms with Crippen molar-refractivity contribution in [2.24, 2.45) is 5.92 Å². The number of fused-ring (bicyclic) bond motifs is 1. The van der Waals surface area contributed by atoms with Crippen LogP contribution in [0.15, 0.2) is 24.4 Å². The third kappa shape index (κ3) is 4.57. The lowest BCUT2D eigenvalue weighted by Gasteiger charge is -2.22. The fraction of sp³-hybridized carbons (Fsp3) is 0.478. The first-order valence-electron chi connectivity index (χ1n) is 10.9. The van der Waals surface area contributed by atoms with Gasteiger partial charge < -0.3 is 14.2 Å². The van der Waals surface area contributed by atoms with Crippen LogP contribution in [0.3, 0.4) is 0 Å². The van der Waals surface area contributed by atoms with E-state index in [0.29, 0.717) is 35.0 Å². The SMILES string of the molecule is CCOC(=O)c1cc(OCC2CCOCC2)c2c(C(C)C)nn(-c3ccnc(F)c3)c2n1. The highest BCUT2D eigenvalue weighted by atomic mass is 19.1. The molecule has 0 radical (unpaired) electrons.